The van der Waals surface area contributed by atoms with Crippen molar-refractivity contribution in [3.63, 3.8) is 0 Å². The molecule has 2 aromatic rings. The van der Waals surface area contributed by atoms with E-state index >= 15 is 0 Å². The molecule has 0 fully saturated rings. The first-order valence-electron chi connectivity index (χ1n) is 6.90. The molecule has 4 heteroatoms. The van der Waals surface area contributed by atoms with Gasteiger partial charge in [0.1, 0.15) is 5.82 Å². The second-order valence-corrected chi connectivity index (χ2v) is 6.00. The maximum Gasteiger partial charge on any atom is 0.161 e. The maximum absolute atomic E-state index is 4.69. The lowest BCUT2D eigenvalue weighted by atomic mass is 10.1. The van der Waals surface area contributed by atoms with Crippen LogP contribution in [0.1, 0.15) is 37.9 Å². The number of hydrogen-bond donors (Lipinski definition) is 1. The summed E-state index contributed by atoms with van der Waals surface area (Å²) in [6, 6.07) is 8.23. The van der Waals surface area contributed by atoms with Crippen LogP contribution in [0.5, 0.6) is 0 Å². The SMILES string of the molecule is CCNc1cc(C(C)C)nc(-c2ccc(Br)c(C)c2)n1. The monoisotopic (exact) mass is 333 g/mol. The Kier molecular flexibility index (Phi) is 4.76. The Labute approximate surface area is 129 Å². The summed E-state index contributed by atoms with van der Waals surface area (Å²) < 4.78 is 1.10. The lowest BCUT2D eigenvalue weighted by Gasteiger charge is -2.11. The van der Waals surface area contributed by atoms with Gasteiger partial charge in [-0.25, -0.2) is 9.97 Å². The van der Waals surface area contributed by atoms with Crippen molar-refractivity contribution >= 4 is 21.7 Å². The summed E-state index contributed by atoms with van der Waals surface area (Å²) in [4.78, 5) is 9.30. The van der Waals surface area contributed by atoms with E-state index in [1.807, 2.05) is 18.2 Å². The molecule has 0 aliphatic rings. The van der Waals surface area contributed by atoms with Gasteiger partial charge < -0.3 is 5.32 Å². The van der Waals surface area contributed by atoms with Crippen LogP contribution in [0.4, 0.5) is 5.82 Å². The molecule has 1 aromatic heterocycles. The average molecular weight is 334 g/mol. The van der Waals surface area contributed by atoms with Crippen molar-refractivity contribution in [1.82, 2.24) is 9.97 Å². The molecule has 1 aromatic carbocycles. The average Bonchev–Trinajstić information content (AvgIpc) is 2.42. The second-order valence-electron chi connectivity index (χ2n) is 5.15. The van der Waals surface area contributed by atoms with Gasteiger partial charge in [-0.2, -0.15) is 0 Å². The van der Waals surface area contributed by atoms with Crippen molar-refractivity contribution in [3.05, 3.63) is 40.0 Å². The topological polar surface area (TPSA) is 37.8 Å². The van der Waals surface area contributed by atoms with E-state index in [0.29, 0.717) is 5.92 Å². The van der Waals surface area contributed by atoms with Gasteiger partial charge in [0.25, 0.3) is 0 Å². The molecule has 0 bridgehead atoms. The molecule has 0 amide bonds. The first-order chi connectivity index (χ1) is 9.51. The standard InChI is InChI=1S/C16H20BrN3/c1-5-18-15-9-14(10(2)3)19-16(20-15)12-6-7-13(17)11(4)8-12/h6-10H,5H2,1-4H3,(H,18,19,20). The fourth-order valence-corrected chi connectivity index (χ4v) is 2.19. The lowest BCUT2D eigenvalue weighted by molar-refractivity contribution is 0.817. The molecule has 1 N–H and O–H groups in total. The van der Waals surface area contributed by atoms with E-state index in [0.717, 1.165) is 33.9 Å². The molecule has 3 nitrogen and oxygen atoms in total. The van der Waals surface area contributed by atoms with Crippen molar-refractivity contribution < 1.29 is 0 Å². The van der Waals surface area contributed by atoms with E-state index in [1.165, 1.54) is 5.56 Å². The number of anilines is 1. The molecular formula is C16H20BrN3. The molecule has 20 heavy (non-hydrogen) atoms. The number of hydrogen-bond acceptors (Lipinski definition) is 3. The zero-order valence-corrected chi connectivity index (χ0v) is 14.0. The van der Waals surface area contributed by atoms with E-state index < -0.39 is 0 Å². The van der Waals surface area contributed by atoms with Gasteiger partial charge in [0.05, 0.1) is 0 Å². The van der Waals surface area contributed by atoms with Crippen molar-refractivity contribution in [1.29, 1.82) is 0 Å². The second kappa shape index (κ2) is 6.35. The van der Waals surface area contributed by atoms with Crippen LogP contribution in [0.15, 0.2) is 28.7 Å². The highest BCUT2D eigenvalue weighted by Gasteiger charge is 2.10. The number of nitrogens with one attached hydrogen (secondary N) is 1. The van der Waals surface area contributed by atoms with Gasteiger partial charge in [-0.1, -0.05) is 35.8 Å². The number of aromatic nitrogens is 2. The molecule has 0 spiro atoms. The van der Waals surface area contributed by atoms with Crippen LogP contribution in [0, 0.1) is 6.92 Å². The fraction of sp³-hybridized carbons (Fsp3) is 0.375. The number of rotatable bonds is 4. The molecule has 0 unspecified atom stereocenters. The van der Waals surface area contributed by atoms with E-state index in [4.69, 9.17) is 0 Å². The Morgan fingerprint density at radius 3 is 2.55 bits per heavy atom. The third kappa shape index (κ3) is 3.37. The largest absolute Gasteiger partial charge is 0.370 e. The van der Waals surface area contributed by atoms with Gasteiger partial charge in [-0.3, -0.25) is 0 Å². The highest BCUT2D eigenvalue weighted by molar-refractivity contribution is 9.10. The molecule has 0 saturated carbocycles. The molecule has 0 aliphatic heterocycles. The zero-order chi connectivity index (χ0) is 14.7. The van der Waals surface area contributed by atoms with Gasteiger partial charge in [-0.15, -0.1) is 0 Å². The van der Waals surface area contributed by atoms with Crippen LogP contribution in [0.2, 0.25) is 0 Å². The summed E-state index contributed by atoms with van der Waals surface area (Å²) >= 11 is 3.53. The molecular weight excluding hydrogens is 314 g/mol. The number of halogens is 1. The van der Waals surface area contributed by atoms with Crippen LogP contribution < -0.4 is 5.32 Å². The van der Waals surface area contributed by atoms with Gasteiger partial charge >= 0.3 is 0 Å². The Morgan fingerprint density at radius 1 is 1.20 bits per heavy atom. The van der Waals surface area contributed by atoms with Crippen molar-refractivity contribution in [2.24, 2.45) is 0 Å². The first-order valence-corrected chi connectivity index (χ1v) is 7.70. The van der Waals surface area contributed by atoms with Gasteiger partial charge in [0.15, 0.2) is 5.82 Å². The minimum Gasteiger partial charge on any atom is -0.370 e. The predicted octanol–water partition coefficient (Wildman–Crippen LogP) is 4.77. The Hall–Kier alpha value is -1.42. The van der Waals surface area contributed by atoms with Crippen LogP contribution in [-0.4, -0.2) is 16.5 Å². The lowest BCUT2D eigenvalue weighted by Crippen LogP contribution is -2.05. The molecule has 0 atom stereocenters. The minimum absolute atomic E-state index is 0.380. The highest BCUT2D eigenvalue weighted by Crippen LogP contribution is 2.25. The van der Waals surface area contributed by atoms with Crippen LogP contribution in [-0.2, 0) is 0 Å². The number of aryl methyl sites for hydroxylation is 1. The van der Waals surface area contributed by atoms with Crippen LogP contribution in [0.3, 0.4) is 0 Å². The summed E-state index contributed by atoms with van der Waals surface area (Å²) in [5.41, 5.74) is 3.30. The fourth-order valence-electron chi connectivity index (χ4n) is 1.95. The minimum atomic E-state index is 0.380. The summed E-state index contributed by atoms with van der Waals surface area (Å²) in [5.74, 6) is 2.05. The Balaban J connectivity index is 2.51. The third-order valence-electron chi connectivity index (χ3n) is 3.11. The van der Waals surface area contributed by atoms with E-state index in [2.05, 4.69) is 65.0 Å². The van der Waals surface area contributed by atoms with Crippen molar-refractivity contribution in [3.8, 4) is 11.4 Å². The zero-order valence-electron chi connectivity index (χ0n) is 12.4. The predicted molar refractivity (Wildman–Crippen MR) is 88.2 cm³/mol. The molecule has 106 valence electrons. The summed E-state index contributed by atoms with van der Waals surface area (Å²) in [5, 5.41) is 3.28. The summed E-state index contributed by atoms with van der Waals surface area (Å²) in [7, 11) is 0. The van der Waals surface area contributed by atoms with Crippen molar-refractivity contribution in [2.45, 2.75) is 33.6 Å². The first kappa shape index (κ1) is 15.0. The van der Waals surface area contributed by atoms with Gasteiger partial charge in [-0.05, 0) is 37.5 Å². The van der Waals surface area contributed by atoms with Gasteiger partial charge in [0.2, 0.25) is 0 Å². The molecule has 0 saturated heterocycles. The molecule has 0 radical (unpaired) electrons. The number of benzene rings is 1. The molecule has 0 aliphatic carbocycles. The summed E-state index contributed by atoms with van der Waals surface area (Å²) in [6.45, 7) is 9.29. The van der Waals surface area contributed by atoms with E-state index in [-0.39, 0.29) is 0 Å². The van der Waals surface area contributed by atoms with Crippen molar-refractivity contribution in [2.75, 3.05) is 11.9 Å². The maximum atomic E-state index is 4.69. The van der Waals surface area contributed by atoms with E-state index in [9.17, 15) is 0 Å². The quantitative estimate of drug-likeness (QED) is 0.875. The Bertz CT molecular complexity index is 609. The van der Waals surface area contributed by atoms with Gasteiger partial charge in [0, 0.05) is 28.3 Å². The third-order valence-corrected chi connectivity index (χ3v) is 4.00. The Morgan fingerprint density at radius 2 is 1.95 bits per heavy atom. The van der Waals surface area contributed by atoms with Crippen LogP contribution >= 0.6 is 15.9 Å². The normalized spacial score (nSPS) is 10.9. The highest BCUT2D eigenvalue weighted by atomic mass is 79.9. The molecule has 1 heterocycles. The number of nitrogens with zero attached hydrogens (tertiary/aromatic N) is 2. The molecule has 2 rings (SSSR count). The van der Waals surface area contributed by atoms with Crippen LogP contribution in [0.25, 0.3) is 11.4 Å². The summed E-state index contributed by atoms with van der Waals surface area (Å²) in [6.07, 6.45) is 0. The smallest absolute Gasteiger partial charge is 0.161 e. The van der Waals surface area contributed by atoms with E-state index in [1.54, 1.807) is 0 Å².